The van der Waals surface area contributed by atoms with E-state index in [1.165, 1.54) is 0 Å². The van der Waals surface area contributed by atoms with Crippen molar-refractivity contribution in [2.75, 3.05) is 26.2 Å². The molecule has 4 rings (SSSR count). The number of fused-ring (bicyclic) bond motifs is 1. The van der Waals surface area contributed by atoms with E-state index >= 15 is 0 Å². The number of morpholine rings is 1. The van der Waals surface area contributed by atoms with Crippen LogP contribution in [-0.4, -0.2) is 69.0 Å². The van der Waals surface area contributed by atoms with Crippen LogP contribution >= 0.6 is 0 Å². The van der Waals surface area contributed by atoms with Crippen molar-refractivity contribution in [1.29, 1.82) is 0 Å². The zero-order valence-corrected chi connectivity index (χ0v) is 12.8. The van der Waals surface area contributed by atoms with Gasteiger partial charge in [-0.15, -0.1) is 10.2 Å². The molecule has 120 valence electrons. The van der Waals surface area contributed by atoms with E-state index in [-0.39, 0.29) is 18.2 Å². The molecule has 1 saturated carbocycles. The van der Waals surface area contributed by atoms with Gasteiger partial charge in [0.1, 0.15) is 12.7 Å². The second kappa shape index (κ2) is 5.87. The van der Waals surface area contributed by atoms with E-state index in [9.17, 15) is 4.79 Å². The van der Waals surface area contributed by atoms with Crippen molar-refractivity contribution in [2.24, 2.45) is 5.92 Å². The van der Waals surface area contributed by atoms with Gasteiger partial charge in [0.25, 0.3) is 0 Å². The van der Waals surface area contributed by atoms with Gasteiger partial charge in [-0.25, -0.2) is 4.79 Å². The summed E-state index contributed by atoms with van der Waals surface area (Å²) in [5.74, 6) is 0.440. The number of carbonyl (C=O) groups excluding carboxylic acids is 1. The van der Waals surface area contributed by atoms with Crippen LogP contribution < -0.4 is 0 Å². The average molecular weight is 305 g/mol. The van der Waals surface area contributed by atoms with Crippen LogP contribution in [0.2, 0.25) is 0 Å². The largest absolute Gasteiger partial charge is 0.374 e. The average Bonchev–Trinajstić information content (AvgIpc) is 3.29. The van der Waals surface area contributed by atoms with Crippen LogP contribution in [0, 0.1) is 5.92 Å². The molecule has 3 fully saturated rings. The predicted octanol–water partition coefficient (Wildman–Crippen LogP) is 0.973. The van der Waals surface area contributed by atoms with Crippen LogP contribution in [0.4, 0.5) is 4.79 Å². The summed E-state index contributed by atoms with van der Waals surface area (Å²) in [6.45, 7) is 4.09. The number of hydrogen-bond acceptors (Lipinski definition) is 4. The smallest absolute Gasteiger partial charge is 0.320 e. The first-order chi connectivity index (χ1) is 10.8. The molecule has 3 aliphatic rings. The standard InChI is InChI=1S/C15H23N5O2/c21-15(19-5-1-2-6-19)20-7-8-22-14-12(3-4-13(14)20)9-18-10-16-17-11-18/h10-14H,1-9H2/t12-,13+,14+/m0/s1. The lowest BCUT2D eigenvalue weighted by atomic mass is 10.0. The van der Waals surface area contributed by atoms with Crippen molar-refractivity contribution in [3.63, 3.8) is 0 Å². The normalized spacial score (nSPS) is 31.5. The van der Waals surface area contributed by atoms with E-state index < -0.39 is 0 Å². The maximum Gasteiger partial charge on any atom is 0.320 e. The Bertz CT molecular complexity index is 514. The van der Waals surface area contributed by atoms with Crippen molar-refractivity contribution >= 4 is 6.03 Å². The highest BCUT2D eigenvalue weighted by molar-refractivity contribution is 5.75. The van der Waals surface area contributed by atoms with Gasteiger partial charge in [0.05, 0.1) is 18.8 Å². The highest BCUT2D eigenvalue weighted by Crippen LogP contribution is 2.36. The van der Waals surface area contributed by atoms with E-state index in [2.05, 4.69) is 15.1 Å². The van der Waals surface area contributed by atoms with E-state index in [1.807, 2.05) is 9.47 Å². The number of carbonyl (C=O) groups is 1. The molecule has 1 aromatic heterocycles. The lowest BCUT2D eigenvalue weighted by Gasteiger charge is -2.40. The Morgan fingerprint density at radius 3 is 2.68 bits per heavy atom. The van der Waals surface area contributed by atoms with E-state index in [0.717, 1.165) is 51.9 Å². The highest BCUT2D eigenvalue weighted by Gasteiger charge is 2.45. The van der Waals surface area contributed by atoms with Crippen molar-refractivity contribution in [2.45, 2.75) is 44.4 Å². The summed E-state index contributed by atoms with van der Waals surface area (Å²) in [6.07, 6.45) is 8.07. The molecule has 3 heterocycles. The number of amides is 2. The molecule has 0 aromatic carbocycles. The van der Waals surface area contributed by atoms with Crippen molar-refractivity contribution in [3.05, 3.63) is 12.7 Å². The first kappa shape index (κ1) is 14.0. The van der Waals surface area contributed by atoms with Crippen LogP contribution in [-0.2, 0) is 11.3 Å². The molecular weight excluding hydrogens is 282 g/mol. The van der Waals surface area contributed by atoms with Crippen LogP contribution in [0.3, 0.4) is 0 Å². The Hall–Kier alpha value is -1.63. The van der Waals surface area contributed by atoms with E-state index in [1.54, 1.807) is 12.7 Å². The third kappa shape index (κ3) is 2.47. The summed E-state index contributed by atoms with van der Waals surface area (Å²) in [5.41, 5.74) is 0. The summed E-state index contributed by atoms with van der Waals surface area (Å²) in [5, 5.41) is 7.73. The number of hydrogen-bond donors (Lipinski definition) is 0. The van der Waals surface area contributed by atoms with Gasteiger partial charge in [0, 0.05) is 32.1 Å². The quantitative estimate of drug-likeness (QED) is 0.817. The Kier molecular flexibility index (Phi) is 3.73. The molecule has 1 aromatic rings. The van der Waals surface area contributed by atoms with Gasteiger partial charge < -0.3 is 19.1 Å². The van der Waals surface area contributed by atoms with Crippen LogP contribution in [0.25, 0.3) is 0 Å². The maximum atomic E-state index is 12.7. The lowest BCUT2D eigenvalue weighted by Crippen LogP contribution is -2.56. The van der Waals surface area contributed by atoms with Gasteiger partial charge in [0.2, 0.25) is 0 Å². The minimum Gasteiger partial charge on any atom is -0.374 e. The van der Waals surface area contributed by atoms with E-state index in [0.29, 0.717) is 12.5 Å². The maximum absolute atomic E-state index is 12.7. The van der Waals surface area contributed by atoms with Gasteiger partial charge in [-0.05, 0) is 25.7 Å². The molecule has 0 bridgehead atoms. The van der Waals surface area contributed by atoms with Crippen molar-refractivity contribution < 1.29 is 9.53 Å². The molecule has 0 radical (unpaired) electrons. The number of nitrogens with zero attached hydrogens (tertiary/aromatic N) is 5. The van der Waals surface area contributed by atoms with Gasteiger partial charge in [-0.1, -0.05) is 0 Å². The van der Waals surface area contributed by atoms with Gasteiger partial charge >= 0.3 is 6.03 Å². The fraction of sp³-hybridized carbons (Fsp3) is 0.800. The molecular formula is C15H23N5O2. The molecule has 2 aliphatic heterocycles. The molecule has 2 saturated heterocycles. The third-order valence-corrected chi connectivity index (χ3v) is 5.25. The molecule has 0 N–H and O–H groups in total. The topological polar surface area (TPSA) is 63.5 Å². The van der Waals surface area contributed by atoms with E-state index in [4.69, 9.17) is 4.74 Å². The molecule has 0 unspecified atom stereocenters. The zero-order valence-electron chi connectivity index (χ0n) is 12.8. The summed E-state index contributed by atoms with van der Waals surface area (Å²) in [7, 11) is 0. The summed E-state index contributed by atoms with van der Waals surface area (Å²) < 4.78 is 8.05. The number of likely N-dealkylation sites (tertiary alicyclic amines) is 1. The Morgan fingerprint density at radius 1 is 1.14 bits per heavy atom. The summed E-state index contributed by atoms with van der Waals surface area (Å²) >= 11 is 0. The first-order valence-electron chi connectivity index (χ1n) is 8.32. The van der Waals surface area contributed by atoms with Crippen molar-refractivity contribution in [3.8, 4) is 0 Å². The SMILES string of the molecule is O=C(N1CCCC1)N1CCO[C@@H]2[C@H](Cn3cnnc3)CC[C@H]21. The Morgan fingerprint density at radius 2 is 1.91 bits per heavy atom. The fourth-order valence-electron chi connectivity index (χ4n) is 4.17. The molecule has 7 nitrogen and oxygen atoms in total. The Labute approximate surface area is 130 Å². The molecule has 22 heavy (non-hydrogen) atoms. The van der Waals surface area contributed by atoms with Gasteiger partial charge in [-0.3, -0.25) is 0 Å². The summed E-state index contributed by atoms with van der Waals surface area (Å²) in [6, 6.07) is 0.462. The monoisotopic (exact) mass is 305 g/mol. The molecule has 3 atom stereocenters. The van der Waals surface area contributed by atoms with Crippen LogP contribution in [0.5, 0.6) is 0 Å². The number of rotatable bonds is 2. The molecule has 7 heteroatoms. The van der Waals surface area contributed by atoms with Gasteiger partial charge in [-0.2, -0.15) is 0 Å². The zero-order chi connectivity index (χ0) is 14.9. The highest BCUT2D eigenvalue weighted by atomic mass is 16.5. The van der Waals surface area contributed by atoms with Gasteiger partial charge in [0.15, 0.2) is 0 Å². The van der Waals surface area contributed by atoms with Crippen LogP contribution in [0.1, 0.15) is 25.7 Å². The number of ether oxygens (including phenoxy) is 1. The second-order valence-electron chi connectivity index (χ2n) is 6.57. The molecule has 2 amide bonds. The number of aromatic nitrogens is 3. The minimum atomic E-state index is 0.155. The van der Waals surface area contributed by atoms with Crippen molar-refractivity contribution in [1.82, 2.24) is 24.6 Å². The predicted molar refractivity (Wildman–Crippen MR) is 79.2 cm³/mol. The molecule has 1 aliphatic carbocycles. The number of urea groups is 1. The fourth-order valence-corrected chi connectivity index (χ4v) is 4.17. The third-order valence-electron chi connectivity index (χ3n) is 5.25. The summed E-state index contributed by atoms with van der Waals surface area (Å²) in [4.78, 5) is 16.8. The molecule has 0 spiro atoms. The first-order valence-corrected chi connectivity index (χ1v) is 8.32. The minimum absolute atomic E-state index is 0.155. The second-order valence-corrected chi connectivity index (χ2v) is 6.57. The van der Waals surface area contributed by atoms with Crippen LogP contribution in [0.15, 0.2) is 12.7 Å². The Balaban J connectivity index is 1.45. The lowest BCUT2D eigenvalue weighted by molar-refractivity contribution is -0.0637.